The minimum Gasteiger partial charge on any atom is -0.381 e. The van der Waals surface area contributed by atoms with E-state index in [1.54, 1.807) is 0 Å². The Kier molecular flexibility index (Phi) is 4.96. The van der Waals surface area contributed by atoms with Crippen LogP contribution in [0, 0.1) is 5.92 Å². The molecule has 1 N–H and O–H groups in total. The van der Waals surface area contributed by atoms with Gasteiger partial charge in [0.15, 0.2) is 0 Å². The van der Waals surface area contributed by atoms with Crippen molar-refractivity contribution in [1.29, 1.82) is 0 Å². The van der Waals surface area contributed by atoms with Crippen LogP contribution in [0.25, 0.3) is 11.4 Å². The third-order valence-electron chi connectivity index (χ3n) is 3.72. The first-order chi connectivity index (χ1) is 11.8. The molecule has 0 aliphatic carbocycles. The third-order valence-corrected chi connectivity index (χ3v) is 4.03. The number of carbonyl (C=O) groups is 1. The molecule has 1 aromatic heterocycles. The Balaban J connectivity index is 1.71. The Bertz CT molecular complexity index is 773. The van der Waals surface area contributed by atoms with Gasteiger partial charge < -0.3 is 14.6 Å². The highest BCUT2D eigenvalue weighted by molar-refractivity contribution is 6.34. The number of rotatable bonds is 4. The van der Waals surface area contributed by atoms with Crippen molar-refractivity contribution in [2.45, 2.75) is 12.6 Å². The first-order valence-corrected chi connectivity index (χ1v) is 7.79. The molecule has 134 valence electrons. The van der Waals surface area contributed by atoms with Gasteiger partial charge in [-0.15, -0.1) is 0 Å². The number of nitrogens with zero attached hydrogens (tertiary/aromatic N) is 2. The standard InChI is InChI=1S/C15H13ClF3N3O3/c16-11-5-9(12-21-14(25-22-12)15(17,18)19)1-2-10(11)13(23)20-6-8-3-4-24-7-8/h1-2,5,8H,3-4,6-7H2,(H,20,23). The number of ether oxygens (including phenoxy) is 1. The van der Waals surface area contributed by atoms with Gasteiger partial charge in [-0.2, -0.15) is 18.2 Å². The lowest BCUT2D eigenvalue weighted by Crippen LogP contribution is -2.29. The second kappa shape index (κ2) is 7.01. The van der Waals surface area contributed by atoms with E-state index < -0.39 is 12.1 Å². The van der Waals surface area contributed by atoms with Crippen LogP contribution in [-0.2, 0) is 10.9 Å². The van der Waals surface area contributed by atoms with Gasteiger partial charge in [-0.25, -0.2) is 0 Å². The Morgan fingerprint density at radius 1 is 1.40 bits per heavy atom. The molecule has 1 saturated heterocycles. The quantitative estimate of drug-likeness (QED) is 0.888. The Morgan fingerprint density at radius 2 is 2.20 bits per heavy atom. The molecule has 1 amide bonds. The van der Waals surface area contributed by atoms with E-state index in [2.05, 4.69) is 20.0 Å². The molecule has 25 heavy (non-hydrogen) atoms. The van der Waals surface area contributed by atoms with Crippen molar-refractivity contribution in [1.82, 2.24) is 15.5 Å². The van der Waals surface area contributed by atoms with E-state index in [1.165, 1.54) is 18.2 Å². The monoisotopic (exact) mass is 375 g/mol. The Labute approximate surface area is 145 Å². The minimum atomic E-state index is -4.72. The largest absolute Gasteiger partial charge is 0.471 e. The zero-order chi connectivity index (χ0) is 18.0. The molecule has 0 saturated carbocycles. The van der Waals surface area contributed by atoms with Gasteiger partial charge in [0.2, 0.25) is 5.82 Å². The lowest BCUT2D eigenvalue weighted by atomic mass is 10.1. The molecule has 0 bridgehead atoms. The maximum Gasteiger partial charge on any atom is 0.471 e. The van der Waals surface area contributed by atoms with Crippen LogP contribution in [0.4, 0.5) is 13.2 Å². The van der Waals surface area contributed by atoms with Crippen molar-refractivity contribution < 1.29 is 27.2 Å². The van der Waals surface area contributed by atoms with Crippen LogP contribution in [-0.4, -0.2) is 35.8 Å². The summed E-state index contributed by atoms with van der Waals surface area (Å²) in [6.07, 6.45) is -3.84. The van der Waals surface area contributed by atoms with E-state index in [9.17, 15) is 18.0 Å². The molecule has 0 spiro atoms. The Hall–Kier alpha value is -2.13. The molecular formula is C15H13ClF3N3O3. The van der Waals surface area contributed by atoms with Crippen molar-refractivity contribution in [3.8, 4) is 11.4 Å². The first-order valence-electron chi connectivity index (χ1n) is 7.41. The number of alkyl halides is 3. The molecule has 3 rings (SSSR count). The number of hydrogen-bond donors (Lipinski definition) is 1. The normalized spacial score (nSPS) is 17.7. The molecule has 2 aromatic rings. The van der Waals surface area contributed by atoms with Crippen molar-refractivity contribution in [2.75, 3.05) is 19.8 Å². The molecule has 1 unspecified atom stereocenters. The summed E-state index contributed by atoms with van der Waals surface area (Å²) in [5.74, 6) is -1.81. The smallest absolute Gasteiger partial charge is 0.381 e. The number of benzene rings is 1. The number of carbonyl (C=O) groups excluding carboxylic acids is 1. The molecule has 10 heteroatoms. The zero-order valence-electron chi connectivity index (χ0n) is 12.8. The summed E-state index contributed by atoms with van der Waals surface area (Å²) in [5.41, 5.74) is 0.425. The molecule has 1 aliphatic rings. The van der Waals surface area contributed by atoms with Gasteiger partial charge in [0, 0.05) is 24.6 Å². The second-order valence-electron chi connectivity index (χ2n) is 5.56. The van der Waals surface area contributed by atoms with Crippen LogP contribution >= 0.6 is 11.6 Å². The Morgan fingerprint density at radius 3 is 2.80 bits per heavy atom. The highest BCUT2D eigenvalue weighted by Crippen LogP contribution is 2.30. The number of halogens is 4. The summed E-state index contributed by atoms with van der Waals surface area (Å²) >= 11 is 6.07. The summed E-state index contributed by atoms with van der Waals surface area (Å²) in [4.78, 5) is 15.5. The van der Waals surface area contributed by atoms with Crippen molar-refractivity contribution in [3.63, 3.8) is 0 Å². The highest BCUT2D eigenvalue weighted by Gasteiger charge is 2.38. The third kappa shape index (κ3) is 4.10. The number of nitrogens with one attached hydrogen (secondary N) is 1. The molecule has 6 nitrogen and oxygen atoms in total. The maximum absolute atomic E-state index is 12.5. The van der Waals surface area contributed by atoms with Crippen molar-refractivity contribution in [3.05, 3.63) is 34.7 Å². The van der Waals surface area contributed by atoms with E-state index >= 15 is 0 Å². The number of hydrogen-bond acceptors (Lipinski definition) is 5. The summed E-state index contributed by atoms with van der Waals surface area (Å²) < 4.78 is 46.9. The van der Waals surface area contributed by atoms with E-state index in [0.29, 0.717) is 19.8 Å². The van der Waals surface area contributed by atoms with Crippen LogP contribution < -0.4 is 5.32 Å². The van der Waals surface area contributed by atoms with Crippen LogP contribution in [0.1, 0.15) is 22.7 Å². The van der Waals surface area contributed by atoms with Crippen LogP contribution in [0.3, 0.4) is 0 Å². The molecule has 1 aromatic carbocycles. The average Bonchev–Trinajstić information content (AvgIpc) is 3.23. The van der Waals surface area contributed by atoms with Crippen LogP contribution in [0.2, 0.25) is 5.02 Å². The fraction of sp³-hybridized carbons (Fsp3) is 0.400. The lowest BCUT2D eigenvalue weighted by Gasteiger charge is -2.10. The van der Waals surface area contributed by atoms with Gasteiger partial charge in [0.25, 0.3) is 5.91 Å². The molecule has 2 heterocycles. The topological polar surface area (TPSA) is 77.2 Å². The van der Waals surface area contributed by atoms with Gasteiger partial charge in [-0.1, -0.05) is 22.8 Å². The molecule has 1 fully saturated rings. The summed E-state index contributed by atoms with van der Waals surface area (Å²) in [7, 11) is 0. The van der Waals surface area contributed by atoms with E-state index in [-0.39, 0.29) is 33.8 Å². The fourth-order valence-corrected chi connectivity index (χ4v) is 2.64. The number of aromatic nitrogens is 2. The van der Waals surface area contributed by atoms with Crippen LogP contribution in [0.15, 0.2) is 22.7 Å². The minimum absolute atomic E-state index is 0.0797. The van der Waals surface area contributed by atoms with Gasteiger partial charge in [0.1, 0.15) is 0 Å². The SMILES string of the molecule is O=C(NCC1CCOC1)c1ccc(-c2noc(C(F)(F)F)n2)cc1Cl. The molecule has 1 aliphatic heterocycles. The average molecular weight is 376 g/mol. The second-order valence-corrected chi connectivity index (χ2v) is 5.96. The maximum atomic E-state index is 12.5. The molecule has 1 atom stereocenters. The summed E-state index contributed by atoms with van der Waals surface area (Å²) in [6.45, 7) is 1.75. The fourth-order valence-electron chi connectivity index (χ4n) is 2.37. The highest BCUT2D eigenvalue weighted by atomic mass is 35.5. The van der Waals surface area contributed by atoms with Gasteiger partial charge in [-0.05, 0) is 18.6 Å². The molecule has 0 radical (unpaired) electrons. The molecular weight excluding hydrogens is 363 g/mol. The van der Waals surface area contributed by atoms with Crippen molar-refractivity contribution in [2.24, 2.45) is 5.92 Å². The van der Waals surface area contributed by atoms with Gasteiger partial charge in [-0.3, -0.25) is 4.79 Å². The lowest BCUT2D eigenvalue weighted by molar-refractivity contribution is -0.159. The number of amides is 1. The van der Waals surface area contributed by atoms with Crippen LogP contribution in [0.5, 0.6) is 0 Å². The van der Waals surface area contributed by atoms with Gasteiger partial charge in [0.05, 0.1) is 17.2 Å². The van der Waals surface area contributed by atoms with E-state index in [4.69, 9.17) is 16.3 Å². The summed E-state index contributed by atoms with van der Waals surface area (Å²) in [6, 6.07) is 4.13. The van der Waals surface area contributed by atoms with Gasteiger partial charge >= 0.3 is 12.1 Å². The summed E-state index contributed by atoms with van der Waals surface area (Å²) in [5, 5.41) is 6.12. The van der Waals surface area contributed by atoms with E-state index in [0.717, 1.165) is 6.42 Å². The zero-order valence-corrected chi connectivity index (χ0v) is 13.5. The first kappa shape index (κ1) is 17.7. The predicted octanol–water partition coefficient (Wildman–Crippen LogP) is 3.18. The van der Waals surface area contributed by atoms with Crippen molar-refractivity contribution >= 4 is 17.5 Å². The van der Waals surface area contributed by atoms with E-state index in [1.807, 2.05) is 0 Å². The predicted molar refractivity (Wildman–Crippen MR) is 81.0 cm³/mol.